The summed E-state index contributed by atoms with van der Waals surface area (Å²) in [5.74, 6) is -1.62. The van der Waals surface area contributed by atoms with Crippen LogP contribution in [0.5, 0.6) is 0 Å². The second-order valence-corrected chi connectivity index (χ2v) is 15.7. The maximum atomic E-state index is 12.6. The number of ketones is 1. The third kappa shape index (κ3) is 5.32. The molecule has 0 bridgehead atoms. The number of carbonyl (C=O) groups is 1. The van der Waals surface area contributed by atoms with Crippen molar-refractivity contribution in [1.82, 2.24) is 0 Å². The predicted molar refractivity (Wildman–Crippen MR) is 167 cm³/mol. The van der Waals surface area contributed by atoms with E-state index in [4.69, 9.17) is 28.4 Å². The summed E-state index contributed by atoms with van der Waals surface area (Å²) in [7, 11) is 3.19. The molecule has 2 heterocycles. The minimum absolute atomic E-state index is 0.152. The molecule has 3 saturated carbocycles. The maximum Gasteiger partial charge on any atom is 0.161 e. The maximum absolute atomic E-state index is 12.6. The molecule has 0 aromatic rings. The second kappa shape index (κ2) is 12.6. The van der Waals surface area contributed by atoms with Crippen molar-refractivity contribution >= 4 is 5.78 Å². The van der Waals surface area contributed by atoms with E-state index in [1.54, 1.807) is 28.1 Å². The van der Waals surface area contributed by atoms with Crippen LogP contribution in [-0.2, 0) is 33.2 Å². The van der Waals surface area contributed by atoms with E-state index in [-0.39, 0.29) is 36.9 Å². The van der Waals surface area contributed by atoms with Gasteiger partial charge < -0.3 is 54.0 Å². The number of allylic oxidation sites excluding steroid dienone is 1. The minimum atomic E-state index is -1.72. The van der Waals surface area contributed by atoms with Gasteiger partial charge in [-0.2, -0.15) is 0 Å². The van der Waals surface area contributed by atoms with Crippen LogP contribution in [0.4, 0.5) is 0 Å². The van der Waals surface area contributed by atoms with E-state index in [2.05, 4.69) is 6.08 Å². The molecule has 268 valence electrons. The number of aliphatic hydroxyl groups is 5. The van der Waals surface area contributed by atoms with Crippen molar-refractivity contribution in [2.45, 2.75) is 165 Å². The highest BCUT2D eigenvalue weighted by molar-refractivity contribution is 5.80. The van der Waals surface area contributed by atoms with Crippen LogP contribution in [0.3, 0.4) is 0 Å². The van der Waals surface area contributed by atoms with E-state index < -0.39 is 83.1 Å². The lowest BCUT2D eigenvalue weighted by molar-refractivity contribution is -0.333. The smallest absolute Gasteiger partial charge is 0.161 e. The minimum Gasteiger partial charge on any atom is -0.390 e. The zero-order chi connectivity index (χ0) is 34.3. The van der Waals surface area contributed by atoms with Gasteiger partial charge in [0.15, 0.2) is 12.6 Å². The summed E-state index contributed by atoms with van der Waals surface area (Å²) in [5.41, 5.74) is -4.42. The Bertz CT molecular complexity index is 1210. The third-order valence-electron chi connectivity index (χ3n) is 13.5. The quantitative estimate of drug-likeness (QED) is 0.249. The molecular weight excluding hydrogens is 612 g/mol. The van der Waals surface area contributed by atoms with Crippen LogP contribution in [0.25, 0.3) is 0 Å². The summed E-state index contributed by atoms with van der Waals surface area (Å²) in [6.07, 6.45) is -1.58. The Balaban J connectivity index is 1.16. The highest BCUT2D eigenvalue weighted by atomic mass is 16.7. The summed E-state index contributed by atoms with van der Waals surface area (Å²) in [6.45, 7) is 8.81. The van der Waals surface area contributed by atoms with Gasteiger partial charge in [0.05, 0.1) is 42.7 Å². The largest absolute Gasteiger partial charge is 0.390 e. The predicted octanol–water partition coefficient (Wildman–Crippen LogP) is 1.76. The lowest BCUT2D eigenvalue weighted by Crippen LogP contribution is -2.79. The SMILES string of the molecule is COC1CC(OC2C(C)OC(OC3C=C4CCC5(O)C(C(O)C(O)C6(C)C(C(C)=O)CCC56O)C4(C)CC3)CC2OC)OC(C)C1O. The molecule has 0 spiro atoms. The lowest BCUT2D eigenvalue weighted by Gasteiger charge is -2.68. The van der Waals surface area contributed by atoms with E-state index in [9.17, 15) is 30.3 Å². The highest BCUT2D eigenvalue weighted by Gasteiger charge is 2.79. The van der Waals surface area contributed by atoms with Crippen LogP contribution < -0.4 is 0 Å². The van der Waals surface area contributed by atoms with Gasteiger partial charge in [0.1, 0.15) is 29.2 Å². The van der Waals surface area contributed by atoms with Gasteiger partial charge in [-0.1, -0.05) is 25.5 Å². The normalized spacial score (nSPS) is 54.6. The van der Waals surface area contributed by atoms with Gasteiger partial charge in [0.2, 0.25) is 0 Å². The van der Waals surface area contributed by atoms with E-state index in [1.807, 2.05) is 13.8 Å². The number of aliphatic hydroxyl groups excluding tert-OH is 3. The zero-order valence-corrected chi connectivity index (χ0v) is 28.8. The average molecular weight is 669 g/mol. The van der Waals surface area contributed by atoms with Crippen molar-refractivity contribution in [2.24, 2.45) is 22.7 Å². The van der Waals surface area contributed by atoms with Crippen molar-refractivity contribution < 1.29 is 58.7 Å². The first kappa shape index (κ1) is 35.8. The van der Waals surface area contributed by atoms with Crippen molar-refractivity contribution in [3.8, 4) is 0 Å². The Morgan fingerprint density at radius 3 is 2.17 bits per heavy atom. The molecule has 47 heavy (non-hydrogen) atoms. The molecule has 5 fully saturated rings. The number of fused-ring (bicyclic) bond motifs is 5. The topological polar surface area (TPSA) is 174 Å². The van der Waals surface area contributed by atoms with Crippen molar-refractivity contribution in [2.75, 3.05) is 14.2 Å². The standard InChI is InChI=1S/C35H56O12/c1-17(36)22-10-13-35(41)33(22,5)31(39)28(38)30-32(4)11-9-21(14-20(32)8-12-34(30,35)40)46-25-16-24(43-7)29(19(3)45-25)47-26-15-23(42-6)27(37)18(2)44-26/h14,18-19,21-31,37-41H,8-13,15-16H2,1-7H3. The molecule has 17 unspecified atom stereocenters. The Labute approximate surface area is 277 Å². The monoisotopic (exact) mass is 668 g/mol. The molecule has 6 rings (SSSR count). The Morgan fingerprint density at radius 1 is 0.872 bits per heavy atom. The van der Waals surface area contributed by atoms with Crippen molar-refractivity contribution in [3.05, 3.63) is 11.6 Å². The molecule has 17 atom stereocenters. The average Bonchev–Trinajstić information content (AvgIpc) is 3.32. The summed E-state index contributed by atoms with van der Waals surface area (Å²) in [4.78, 5) is 12.6. The molecular formula is C35H56O12. The number of rotatable bonds is 7. The first-order valence-electron chi connectivity index (χ1n) is 17.4. The number of ether oxygens (including phenoxy) is 6. The summed E-state index contributed by atoms with van der Waals surface area (Å²) in [6, 6.07) is 0. The third-order valence-corrected chi connectivity index (χ3v) is 13.5. The molecule has 0 aromatic heterocycles. The van der Waals surface area contributed by atoms with Gasteiger partial charge in [-0.3, -0.25) is 4.79 Å². The van der Waals surface area contributed by atoms with Crippen LogP contribution >= 0.6 is 0 Å². The van der Waals surface area contributed by atoms with Crippen molar-refractivity contribution in [1.29, 1.82) is 0 Å². The Morgan fingerprint density at radius 2 is 1.51 bits per heavy atom. The van der Waals surface area contributed by atoms with Crippen molar-refractivity contribution in [3.63, 3.8) is 0 Å². The molecule has 0 radical (unpaired) electrons. The van der Waals surface area contributed by atoms with Gasteiger partial charge in [0, 0.05) is 44.3 Å². The van der Waals surface area contributed by atoms with Crippen LogP contribution in [-0.4, -0.2) is 124 Å². The molecule has 5 N–H and O–H groups in total. The number of methoxy groups -OCH3 is 2. The van der Waals surface area contributed by atoms with Gasteiger partial charge in [-0.15, -0.1) is 0 Å². The zero-order valence-electron chi connectivity index (χ0n) is 28.8. The lowest BCUT2D eigenvalue weighted by atomic mass is 9.41. The highest BCUT2D eigenvalue weighted by Crippen LogP contribution is 2.70. The Kier molecular flexibility index (Phi) is 9.62. The van der Waals surface area contributed by atoms with Gasteiger partial charge in [-0.25, -0.2) is 0 Å². The molecule has 2 aliphatic heterocycles. The molecule has 2 saturated heterocycles. The first-order valence-corrected chi connectivity index (χ1v) is 17.4. The van der Waals surface area contributed by atoms with Crippen LogP contribution in [0, 0.1) is 22.7 Å². The second-order valence-electron chi connectivity index (χ2n) is 15.7. The van der Waals surface area contributed by atoms with E-state index >= 15 is 0 Å². The number of carbonyl (C=O) groups excluding carboxylic acids is 1. The molecule has 12 nitrogen and oxygen atoms in total. The fraction of sp³-hybridized carbons (Fsp3) is 0.914. The van der Waals surface area contributed by atoms with Gasteiger partial charge >= 0.3 is 0 Å². The Hall–Kier alpha value is -1.03. The number of hydrogen-bond donors (Lipinski definition) is 5. The number of hydrogen-bond acceptors (Lipinski definition) is 12. The molecule has 6 aliphatic rings. The van der Waals surface area contributed by atoms with Gasteiger partial charge in [-0.05, 0) is 64.7 Å². The number of Topliss-reactive ketones (excluding diaryl/α,β-unsaturated/α-hetero) is 1. The fourth-order valence-electron chi connectivity index (χ4n) is 10.8. The van der Waals surface area contributed by atoms with Crippen LogP contribution in [0.1, 0.15) is 86.0 Å². The van der Waals surface area contributed by atoms with E-state index in [0.29, 0.717) is 38.5 Å². The molecule has 12 heteroatoms. The summed E-state index contributed by atoms with van der Waals surface area (Å²) < 4.78 is 36.3. The van der Waals surface area contributed by atoms with E-state index in [0.717, 1.165) is 5.57 Å². The van der Waals surface area contributed by atoms with Crippen LogP contribution in [0.2, 0.25) is 0 Å². The fourth-order valence-corrected chi connectivity index (χ4v) is 10.8. The van der Waals surface area contributed by atoms with Gasteiger partial charge in [0.25, 0.3) is 0 Å². The van der Waals surface area contributed by atoms with E-state index in [1.165, 1.54) is 6.92 Å². The van der Waals surface area contributed by atoms with Crippen LogP contribution in [0.15, 0.2) is 11.6 Å². The summed E-state index contributed by atoms with van der Waals surface area (Å²) in [5, 5.41) is 58.3. The molecule has 0 aromatic carbocycles. The summed E-state index contributed by atoms with van der Waals surface area (Å²) >= 11 is 0. The molecule has 4 aliphatic carbocycles. The first-order chi connectivity index (χ1) is 22.0. The molecule has 0 amide bonds.